The van der Waals surface area contributed by atoms with Crippen LogP contribution in [-0.2, 0) is 4.79 Å². The fourth-order valence-corrected chi connectivity index (χ4v) is 3.61. The van der Waals surface area contributed by atoms with Crippen LogP contribution in [0.1, 0.15) is 38.3 Å². The van der Waals surface area contributed by atoms with Crippen LogP contribution in [0.5, 0.6) is 0 Å². The number of Topliss-reactive ketones (excluding diaryl/α,β-unsaturated/α-hetero) is 1. The molecule has 0 saturated carbocycles. The minimum Gasteiger partial charge on any atom is -0.324 e. The number of nitrogens with two attached hydrogens (primary N) is 1. The van der Waals surface area contributed by atoms with Gasteiger partial charge in [-0.1, -0.05) is 49.4 Å². The number of para-hydroxylation sites is 2. The first-order chi connectivity index (χ1) is 14.5. The Labute approximate surface area is 176 Å². The largest absolute Gasteiger partial charge is 0.324 e. The molecule has 2 unspecified atom stereocenters. The van der Waals surface area contributed by atoms with Gasteiger partial charge in [-0.25, -0.2) is 10.4 Å². The Bertz CT molecular complexity index is 1170. The summed E-state index contributed by atoms with van der Waals surface area (Å²) in [6.45, 7) is 3.89. The summed E-state index contributed by atoms with van der Waals surface area (Å²) in [4.78, 5) is 17.9. The Morgan fingerprint density at radius 3 is 2.53 bits per heavy atom. The van der Waals surface area contributed by atoms with E-state index >= 15 is 0 Å². The van der Waals surface area contributed by atoms with E-state index in [1.54, 1.807) is 0 Å². The van der Waals surface area contributed by atoms with Gasteiger partial charge in [-0.3, -0.25) is 4.79 Å². The van der Waals surface area contributed by atoms with Gasteiger partial charge in [0.1, 0.15) is 0 Å². The Morgan fingerprint density at radius 2 is 1.77 bits per heavy atom. The first-order valence-electron chi connectivity index (χ1n) is 10.2. The number of benzene rings is 2. The minimum absolute atomic E-state index is 0.0565. The van der Waals surface area contributed by atoms with Gasteiger partial charge < -0.3 is 15.6 Å². The maximum absolute atomic E-state index is 13.1. The highest BCUT2D eigenvalue weighted by Gasteiger charge is 2.32. The number of ketones is 1. The van der Waals surface area contributed by atoms with Crippen molar-refractivity contribution >= 4 is 28.2 Å². The Kier molecular flexibility index (Phi) is 5.53. The summed E-state index contributed by atoms with van der Waals surface area (Å²) in [6.07, 6.45) is 2.88. The third-order valence-electron chi connectivity index (χ3n) is 5.78. The van der Waals surface area contributed by atoms with Gasteiger partial charge in [0.2, 0.25) is 0 Å². The molecule has 0 radical (unpaired) electrons. The Hall–Kier alpha value is -3.22. The SMILES string of the molecule is CCC(C)(NNc1nc2ccccc2n2cccc12)C(=O)CC(N)c1ccccc1. The normalized spacial score (nSPS) is 14.5. The van der Waals surface area contributed by atoms with Crippen molar-refractivity contribution in [1.29, 1.82) is 0 Å². The average molecular weight is 402 g/mol. The quantitative estimate of drug-likeness (QED) is 0.385. The first-order valence-corrected chi connectivity index (χ1v) is 10.2. The van der Waals surface area contributed by atoms with Crippen molar-refractivity contribution in [3.05, 3.63) is 78.5 Å². The summed E-state index contributed by atoms with van der Waals surface area (Å²) < 4.78 is 2.09. The summed E-state index contributed by atoms with van der Waals surface area (Å²) in [6, 6.07) is 21.4. The van der Waals surface area contributed by atoms with Gasteiger partial charge in [0, 0.05) is 18.7 Å². The highest BCUT2D eigenvalue weighted by molar-refractivity contribution is 5.89. The lowest BCUT2D eigenvalue weighted by Crippen LogP contribution is -2.52. The second-order valence-electron chi connectivity index (χ2n) is 7.79. The van der Waals surface area contributed by atoms with Crippen LogP contribution in [-0.4, -0.2) is 20.7 Å². The Morgan fingerprint density at radius 1 is 1.07 bits per heavy atom. The lowest BCUT2D eigenvalue weighted by atomic mass is 9.88. The zero-order chi connectivity index (χ0) is 21.1. The Balaban J connectivity index is 1.54. The van der Waals surface area contributed by atoms with Gasteiger partial charge >= 0.3 is 0 Å². The smallest absolute Gasteiger partial charge is 0.165 e. The van der Waals surface area contributed by atoms with Gasteiger partial charge in [0.05, 0.1) is 22.1 Å². The monoisotopic (exact) mass is 401 g/mol. The van der Waals surface area contributed by atoms with E-state index in [9.17, 15) is 4.79 Å². The number of nitrogens with zero attached hydrogens (tertiary/aromatic N) is 2. The highest BCUT2D eigenvalue weighted by atomic mass is 16.1. The second kappa shape index (κ2) is 8.26. The maximum atomic E-state index is 13.1. The topological polar surface area (TPSA) is 84.5 Å². The summed E-state index contributed by atoms with van der Waals surface area (Å²) >= 11 is 0. The molecular weight excluding hydrogens is 374 g/mol. The van der Waals surface area contributed by atoms with Crippen molar-refractivity contribution in [3.8, 4) is 0 Å². The lowest BCUT2D eigenvalue weighted by molar-refractivity contribution is -0.125. The molecule has 4 aromatic rings. The van der Waals surface area contributed by atoms with Gasteiger partial charge in [0.25, 0.3) is 0 Å². The third-order valence-corrected chi connectivity index (χ3v) is 5.78. The van der Waals surface area contributed by atoms with Crippen molar-refractivity contribution < 1.29 is 4.79 Å². The number of aromatic nitrogens is 2. The fourth-order valence-electron chi connectivity index (χ4n) is 3.61. The standard InChI is InChI=1S/C24H27N5O/c1-3-24(2,22(30)16-18(25)17-10-5-4-6-11-17)28-27-23-21-14-9-15-29(21)20-13-8-7-12-19(20)26-23/h4-15,18,28H,3,16,25H2,1-2H3,(H,26,27). The molecule has 4 N–H and O–H groups in total. The zero-order valence-electron chi connectivity index (χ0n) is 17.3. The van der Waals surface area contributed by atoms with Crippen LogP contribution >= 0.6 is 0 Å². The summed E-state index contributed by atoms with van der Waals surface area (Å²) in [7, 11) is 0. The van der Waals surface area contributed by atoms with E-state index in [-0.39, 0.29) is 18.2 Å². The number of hydrogen-bond acceptors (Lipinski definition) is 5. The van der Waals surface area contributed by atoms with E-state index in [1.165, 1.54) is 0 Å². The molecule has 0 spiro atoms. The van der Waals surface area contributed by atoms with Crippen LogP contribution in [0.2, 0.25) is 0 Å². The lowest BCUT2D eigenvalue weighted by Gasteiger charge is -2.30. The molecule has 2 aromatic carbocycles. The van der Waals surface area contributed by atoms with E-state index in [4.69, 9.17) is 10.7 Å². The van der Waals surface area contributed by atoms with Gasteiger partial charge in [-0.05, 0) is 43.2 Å². The molecule has 0 aliphatic rings. The predicted molar refractivity (Wildman–Crippen MR) is 121 cm³/mol. The zero-order valence-corrected chi connectivity index (χ0v) is 17.3. The molecular formula is C24H27N5O. The fraction of sp³-hybridized carbons (Fsp3) is 0.250. The molecule has 6 nitrogen and oxygen atoms in total. The maximum Gasteiger partial charge on any atom is 0.165 e. The molecule has 0 bridgehead atoms. The summed E-state index contributed by atoms with van der Waals surface area (Å²) in [5, 5.41) is 0. The molecule has 0 fully saturated rings. The number of rotatable bonds is 8. The summed E-state index contributed by atoms with van der Waals surface area (Å²) in [5.41, 5.74) is 15.8. The van der Waals surface area contributed by atoms with Crippen LogP contribution in [0.3, 0.4) is 0 Å². The number of carbonyl (C=O) groups is 1. The number of anilines is 1. The molecule has 0 saturated heterocycles. The number of hydrazine groups is 1. The molecule has 30 heavy (non-hydrogen) atoms. The second-order valence-corrected chi connectivity index (χ2v) is 7.79. The molecule has 4 rings (SSSR count). The van der Waals surface area contributed by atoms with Crippen molar-refractivity contribution in [3.63, 3.8) is 0 Å². The van der Waals surface area contributed by atoms with Crippen LogP contribution < -0.4 is 16.6 Å². The van der Waals surface area contributed by atoms with E-state index in [0.717, 1.165) is 22.1 Å². The van der Waals surface area contributed by atoms with Crippen LogP contribution in [0, 0.1) is 0 Å². The van der Waals surface area contributed by atoms with Crippen LogP contribution in [0.15, 0.2) is 72.9 Å². The van der Waals surface area contributed by atoms with E-state index < -0.39 is 5.54 Å². The van der Waals surface area contributed by atoms with Crippen LogP contribution in [0.4, 0.5) is 5.82 Å². The summed E-state index contributed by atoms with van der Waals surface area (Å²) in [5.74, 6) is 0.736. The molecule has 6 heteroatoms. The average Bonchev–Trinajstić information content (AvgIpc) is 3.28. The highest BCUT2D eigenvalue weighted by Crippen LogP contribution is 2.24. The number of carbonyl (C=O) groups excluding carboxylic acids is 1. The van der Waals surface area contributed by atoms with E-state index in [0.29, 0.717) is 12.2 Å². The van der Waals surface area contributed by atoms with Crippen molar-refractivity contribution in [2.75, 3.05) is 5.43 Å². The number of hydrogen-bond donors (Lipinski definition) is 3. The molecule has 2 atom stereocenters. The molecule has 0 aliphatic heterocycles. The molecule has 0 aliphatic carbocycles. The van der Waals surface area contributed by atoms with Crippen molar-refractivity contribution in [2.45, 2.75) is 38.3 Å². The number of nitrogens with one attached hydrogen (secondary N) is 2. The third kappa shape index (κ3) is 3.79. The van der Waals surface area contributed by atoms with Gasteiger partial charge in [-0.15, -0.1) is 0 Å². The molecule has 2 heterocycles. The van der Waals surface area contributed by atoms with E-state index in [1.807, 2.05) is 86.8 Å². The van der Waals surface area contributed by atoms with Crippen molar-refractivity contribution in [1.82, 2.24) is 14.8 Å². The number of fused-ring (bicyclic) bond motifs is 3. The minimum atomic E-state index is -0.774. The molecule has 2 aromatic heterocycles. The van der Waals surface area contributed by atoms with E-state index in [2.05, 4.69) is 15.3 Å². The molecule has 154 valence electrons. The molecule has 0 amide bonds. The van der Waals surface area contributed by atoms with Crippen LogP contribution in [0.25, 0.3) is 16.6 Å². The van der Waals surface area contributed by atoms with Gasteiger partial charge in [0.15, 0.2) is 11.6 Å². The predicted octanol–water partition coefficient (Wildman–Crippen LogP) is 4.23. The van der Waals surface area contributed by atoms with Crippen molar-refractivity contribution in [2.24, 2.45) is 5.73 Å². The first kappa shape index (κ1) is 20.1. The van der Waals surface area contributed by atoms with Gasteiger partial charge in [-0.2, -0.15) is 0 Å².